The molecule has 1 fully saturated rings. The molecule has 4 heteroatoms. The van der Waals surface area contributed by atoms with Crippen LogP contribution in [0.4, 0.5) is 0 Å². The van der Waals surface area contributed by atoms with Gasteiger partial charge >= 0.3 is 0 Å². The number of hydrogen-bond acceptors (Lipinski definition) is 2. The molecule has 0 heterocycles. The minimum Gasteiger partial charge on any atom is -0.349 e. The zero-order chi connectivity index (χ0) is 13.1. The molecule has 0 aliphatic heterocycles. The van der Waals surface area contributed by atoms with Gasteiger partial charge in [-0.1, -0.05) is 18.0 Å². The van der Waals surface area contributed by atoms with Crippen molar-refractivity contribution in [2.75, 3.05) is 6.54 Å². The topological polar surface area (TPSA) is 55.1 Å². The van der Waals surface area contributed by atoms with Crippen molar-refractivity contribution in [2.45, 2.75) is 32.2 Å². The van der Waals surface area contributed by atoms with Crippen molar-refractivity contribution >= 4 is 17.5 Å². The molecule has 2 atom stereocenters. The summed E-state index contributed by atoms with van der Waals surface area (Å²) in [5, 5.41) is 3.75. The molecule has 1 aromatic carbocycles. The molecule has 1 aromatic rings. The van der Waals surface area contributed by atoms with E-state index in [9.17, 15) is 4.79 Å². The summed E-state index contributed by atoms with van der Waals surface area (Å²) in [5.41, 5.74) is 7.32. The minimum absolute atomic E-state index is 0.0190. The van der Waals surface area contributed by atoms with Crippen LogP contribution in [0.2, 0.25) is 5.02 Å². The predicted octanol–water partition coefficient (Wildman–Crippen LogP) is 2.51. The number of nitrogens with one attached hydrogen (secondary N) is 1. The van der Waals surface area contributed by atoms with Crippen molar-refractivity contribution in [3.8, 4) is 0 Å². The van der Waals surface area contributed by atoms with Crippen LogP contribution in [0.25, 0.3) is 0 Å². The Hall–Kier alpha value is -1.06. The number of nitrogens with two attached hydrogens (primary N) is 1. The lowest BCUT2D eigenvalue weighted by Crippen LogP contribution is -2.40. The van der Waals surface area contributed by atoms with Crippen LogP contribution in [0, 0.1) is 12.8 Å². The molecule has 18 heavy (non-hydrogen) atoms. The molecule has 98 valence electrons. The molecule has 3 nitrogen and oxygen atoms in total. The number of benzene rings is 1. The van der Waals surface area contributed by atoms with Crippen molar-refractivity contribution in [3.63, 3.8) is 0 Å². The van der Waals surface area contributed by atoms with Gasteiger partial charge in [0.2, 0.25) is 0 Å². The number of carbonyl (C=O) groups excluding carboxylic acids is 1. The van der Waals surface area contributed by atoms with Gasteiger partial charge in [-0.2, -0.15) is 0 Å². The van der Waals surface area contributed by atoms with Crippen LogP contribution in [-0.2, 0) is 0 Å². The Balaban J connectivity index is 2.07. The summed E-state index contributed by atoms with van der Waals surface area (Å²) >= 11 is 5.89. The molecule has 1 amide bonds. The normalized spacial score (nSPS) is 23.1. The van der Waals surface area contributed by atoms with Gasteiger partial charge in [0.05, 0.1) is 0 Å². The van der Waals surface area contributed by atoms with Crippen LogP contribution in [0.5, 0.6) is 0 Å². The lowest BCUT2D eigenvalue weighted by molar-refractivity contribution is 0.0928. The SMILES string of the molecule is Cc1cc(Cl)ccc1C(=O)NC1CCCC1CN. The highest BCUT2D eigenvalue weighted by Crippen LogP contribution is 2.25. The average molecular weight is 267 g/mol. The van der Waals surface area contributed by atoms with Gasteiger partial charge in [0.1, 0.15) is 0 Å². The Labute approximate surface area is 113 Å². The summed E-state index contributed by atoms with van der Waals surface area (Å²) < 4.78 is 0. The molecule has 0 saturated heterocycles. The number of halogens is 1. The third-order valence-electron chi connectivity index (χ3n) is 3.71. The van der Waals surface area contributed by atoms with Gasteiger partial charge in [0, 0.05) is 16.6 Å². The number of aryl methyl sites for hydroxylation is 1. The molecular formula is C14H19ClN2O. The Morgan fingerprint density at radius 2 is 2.28 bits per heavy atom. The third-order valence-corrected chi connectivity index (χ3v) is 3.95. The molecular weight excluding hydrogens is 248 g/mol. The van der Waals surface area contributed by atoms with Crippen LogP contribution in [-0.4, -0.2) is 18.5 Å². The van der Waals surface area contributed by atoms with E-state index in [1.54, 1.807) is 12.1 Å². The molecule has 1 saturated carbocycles. The van der Waals surface area contributed by atoms with E-state index in [1.807, 2.05) is 13.0 Å². The summed E-state index contributed by atoms with van der Waals surface area (Å²) in [6.07, 6.45) is 3.29. The first kappa shape index (κ1) is 13.4. The van der Waals surface area contributed by atoms with Crippen molar-refractivity contribution in [3.05, 3.63) is 34.3 Å². The zero-order valence-electron chi connectivity index (χ0n) is 10.6. The highest BCUT2D eigenvalue weighted by molar-refractivity contribution is 6.30. The maximum absolute atomic E-state index is 12.2. The van der Waals surface area contributed by atoms with Crippen molar-refractivity contribution in [1.29, 1.82) is 0 Å². The summed E-state index contributed by atoms with van der Waals surface area (Å²) in [4.78, 5) is 12.2. The summed E-state index contributed by atoms with van der Waals surface area (Å²) in [6, 6.07) is 5.56. The van der Waals surface area contributed by atoms with Crippen LogP contribution >= 0.6 is 11.6 Å². The van der Waals surface area contributed by atoms with Gasteiger partial charge < -0.3 is 11.1 Å². The van der Waals surface area contributed by atoms with E-state index in [-0.39, 0.29) is 11.9 Å². The quantitative estimate of drug-likeness (QED) is 0.883. The average Bonchev–Trinajstić information content (AvgIpc) is 2.76. The first-order valence-corrected chi connectivity index (χ1v) is 6.76. The lowest BCUT2D eigenvalue weighted by Gasteiger charge is -2.20. The summed E-state index contributed by atoms with van der Waals surface area (Å²) in [5.74, 6) is 0.399. The monoisotopic (exact) mass is 266 g/mol. The van der Waals surface area contributed by atoms with Gasteiger partial charge in [0.25, 0.3) is 5.91 Å². The van der Waals surface area contributed by atoms with E-state index in [4.69, 9.17) is 17.3 Å². The van der Waals surface area contributed by atoms with Gasteiger partial charge in [0.15, 0.2) is 0 Å². The van der Waals surface area contributed by atoms with Crippen LogP contribution in [0.1, 0.15) is 35.2 Å². The molecule has 2 unspecified atom stereocenters. The summed E-state index contributed by atoms with van der Waals surface area (Å²) in [7, 11) is 0. The summed E-state index contributed by atoms with van der Waals surface area (Å²) in [6.45, 7) is 2.54. The highest BCUT2D eigenvalue weighted by atomic mass is 35.5. The van der Waals surface area contributed by atoms with E-state index in [2.05, 4.69) is 5.32 Å². The fourth-order valence-corrected chi connectivity index (χ4v) is 2.86. The second-order valence-electron chi connectivity index (χ2n) is 4.97. The highest BCUT2D eigenvalue weighted by Gasteiger charge is 2.27. The molecule has 0 radical (unpaired) electrons. The van der Waals surface area contributed by atoms with Crippen LogP contribution in [0.3, 0.4) is 0 Å². The van der Waals surface area contributed by atoms with Gasteiger partial charge in [-0.25, -0.2) is 0 Å². The number of hydrogen-bond donors (Lipinski definition) is 2. The first-order chi connectivity index (χ1) is 8.61. The Morgan fingerprint density at radius 1 is 1.50 bits per heavy atom. The lowest BCUT2D eigenvalue weighted by atomic mass is 10.0. The second-order valence-corrected chi connectivity index (χ2v) is 5.40. The van der Waals surface area contributed by atoms with E-state index < -0.39 is 0 Å². The van der Waals surface area contributed by atoms with E-state index in [0.29, 0.717) is 23.0 Å². The largest absolute Gasteiger partial charge is 0.349 e. The fourth-order valence-electron chi connectivity index (χ4n) is 2.64. The van der Waals surface area contributed by atoms with Crippen LogP contribution < -0.4 is 11.1 Å². The van der Waals surface area contributed by atoms with Gasteiger partial charge in [-0.05, 0) is 56.0 Å². The van der Waals surface area contributed by atoms with Crippen LogP contribution in [0.15, 0.2) is 18.2 Å². The maximum Gasteiger partial charge on any atom is 0.251 e. The smallest absolute Gasteiger partial charge is 0.251 e. The van der Waals surface area contributed by atoms with E-state index in [1.165, 1.54) is 0 Å². The Kier molecular flexibility index (Phi) is 4.25. The molecule has 0 bridgehead atoms. The van der Waals surface area contributed by atoms with E-state index in [0.717, 1.165) is 24.8 Å². The van der Waals surface area contributed by atoms with Gasteiger partial charge in [-0.3, -0.25) is 4.79 Å². The first-order valence-electron chi connectivity index (χ1n) is 6.39. The zero-order valence-corrected chi connectivity index (χ0v) is 11.3. The standard InChI is InChI=1S/C14H19ClN2O/c1-9-7-11(15)5-6-12(9)14(18)17-13-4-2-3-10(13)8-16/h5-7,10,13H,2-4,8,16H2,1H3,(H,17,18). The van der Waals surface area contributed by atoms with Crippen molar-refractivity contribution in [2.24, 2.45) is 11.7 Å². The maximum atomic E-state index is 12.2. The molecule has 3 N–H and O–H groups in total. The molecule has 1 aliphatic rings. The molecule has 1 aliphatic carbocycles. The minimum atomic E-state index is -0.0190. The number of carbonyl (C=O) groups is 1. The Bertz CT molecular complexity index is 447. The predicted molar refractivity (Wildman–Crippen MR) is 73.8 cm³/mol. The second kappa shape index (κ2) is 5.72. The van der Waals surface area contributed by atoms with Gasteiger partial charge in [-0.15, -0.1) is 0 Å². The molecule has 0 aromatic heterocycles. The van der Waals surface area contributed by atoms with Crippen molar-refractivity contribution in [1.82, 2.24) is 5.32 Å². The molecule has 0 spiro atoms. The fraction of sp³-hybridized carbons (Fsp3) is 0.500. The Morgan fingerprint density at radius 3 is 2.94 bits per heavy atom. The van der Waals surface area contributed by atoms with Crippen molar-refractivity contribution < 1.29 is 4.79 Å². The third kappa shape index (κ3) is 2.85. The van der Waals surface area contributed by atoms with E-state index >= 15 is 0 Å². The molecule has 2 rings (SSSR count). The number of amides is 1. The number of rotatable bonds is 3.